The lowest BCUT2D eigenvalue weighted by Gasteiger charge is -2.32. The standard InChI is InChI=1S/C17H25F4NO3.C17H27F4NO2/c1-5-9-15(10-6-2,11-7-3)12-22-14(23)17(20,21)25-16(18,19)13-24-8-4;1-5-9-15(10-6-2,11-7-3)12-22-13-16(18,19)24-17(20,21)14-23-8-4/h5-7H,1-3,8-13H2,4H3,(H,22,23);5-7,22H,1-3,8-14H2,4H3. The number of hydrogen-bond donors (Lipinski definition) is 2. The van der Waals surface area contributed by atoms with Gasteiger partial charge in [0.05, 0.1) is 6.54 Å². The average molecular weight is 721 g/mol. The maximum absolute atomic E-state index is 13.6. The molecule has 0 unspecified atom stereocenters. The van der Waals surface area contributed by atoms with E-state index < -0.39 is 60.9 Å². The average Bonchev–Trinajstić information content (AvgIpc) is 2.98. The van der Waals surface area contributed by atoms with E-state index in [9.17, 15) is 39.9 Å². The van der Waals surface area contributed by atoms with Crippen LogP contribution in [0, 0.1) is 10.8 Å². The molecule has 7 nitrogen and oxygen atoms in total. The highest BCUT2D eigenvalue weighted by Crippen LogP contribution is 2.34. The summed E-state index contributed by atoms with van der Waals surface area (Å²) in [5, 5.41) is 4.47. The number of carbonyl (C=O) groups excluding carboxylic acids is 1. The predicted octanol–water partition coefficient (Wildman–Crippen LogP) is 8.59. The molecule has 284 valence electrons. The molecule has 0 aliphatic heterocycles. The number of rotatable bonds is 29. The van der Waals surface area contributed by atoms with Crippen LogP contribution in [0.2, 0.25) is 0 Å². The van der Waals surface area contributed by atoms with Crippen LogP contribution in [0.3, 0.4) is 0 Å². The van der Waals surface area contributed by atoms with Crippen LogP contribution in [-0.2, 0) is 23.7 Å². The van der Waals surface area contributed by atoms with Crippen LogP contribution in [0.25, 0.3) is 0 Å². The van der Waals surface area contributed by atoms with Gasteiger partial charge in [-0.1, -0.05) is 36.5 Å². The van der Waals surface area contributed by atoms with E-state index in [1.54, 1.807) is 36.5 Å². The molecule has 0 heterocycles. The molecule has 0 aliphatic carbocycles. The van der Waals surface area contributed by atoms with Crippen LogP contribution in [0.15, 0.2) is 75.9 Å². The molecule has 15 heteroatoms. The summed E-state index contributed by atoms with van der Waals surface area (Å²) in [6.45, 7) is 20.9. The Morgan fingerprint density at radius 3 is 1.24 bits per heavy atom. The lowest BCUT2D eigenvalue weighted by molar-refractivity contribution is -0.381. The van der Waals surface area contributed by atoms with Crippen LogP contribution in [0.1, 0.15) is 52.4 Å². The fourth-order valence-corrected chi connectivity index (χ4v) is 4.60. The molecule has 0 bridgehead atoms. The van der Waals surface area contributed by atoms with Crippen molar-refractivity contribution < 1.29 is 58.9 Å². The normalized spacial score (nSPS) is 12.7. The van der Waals surface area contributed by atoms with Gasteiger partial charge in [-0.05, 0) is 63.2 Å². The Balaban J connectivity index is 0. The Labute approximate surface area is 285 Å². The first-order valence-electron chi connectivity index (χ1n) is 15.5. The van der Waals surface area contributed by atoms with Crippen molar-refractivity contribution in [3.05, 3.63) is 75.9 Å². The van der Waals surface area contributed by atoms with Gasteiger partial charge in [-0.15, -0.1) is 39.5 Å². The van der Waals surface area contributed by atoms with Gasteiger partial charge in [-0.3, -0.25) is 9.53 Å². The predicted molar refractivity (Wildman–Crippen MR) is 175 cm³/mol. The van der Waals surface area contributed by atoms with Crippen LogP contribution >= 0.6 is 0 Å². The summed E-state index contributed by atoms with van der Waals surface area (Å²) in [7, 11) is 0. The molecule has 0 saturated carbocycles. The second kappa shape index (κ2) is 23.5. The van der Waals surface area contributed by atoms with Crippen molar-refractivity contribution >= 4 is 5.91 Å². The number of allylic oxidation sites excluding steroid dienone is 6. The smallest absolute Gasteiger partial charge is 0.373 e. The summed E-state index contributed by atoms with van der Waals surface area (Å²) in [4.78, 5) is 11.6. The van der Waals surface area contributed by atoms with Crippen LogP contribution < -0.4 is 10.6 Å². The zero-order valence-electron chi connectivity index (χ0n) is 28.5. The van der Waals surface area contributed by atoms with Gasteiger partial charge in [-0.25, -0.2) is 4.74 Å². The third-order valence-electron chi connectivity index (χ3n) is 6.71. The molecule has 0 atom stereocenters. The maximum atomic E-state index is 13.6. The Morgan fingerprint density at radius 2 is 0.898 bits per heavy atom. The highest BCUT2D eigenvalue weighted by atomic mass is 19.3. The SMILES string of the molecule is C=CCC(CC=C)(CC=C)CNC(=O)C(F)(F)OC(F)(F)COCC.C=CCC(CC=C)(CC=C)CNCC(F)(F)OC(F)(F)COCC. The summed E-state index contributed by atoms with van der Waals surface area (Å²) in [6.07, 6.45) is -4.52. The largest absolute Gasteiger partial charge is 0.441 e. The molecule has 0 rings (SSSR count). The lowest BCUT2D eigenvalue weighted by atomic mass is 9.78. The first-order valence-corrected chi connectivity index (χ1v) is 15.5. The van der Waals surface area contributed by atoms with Gasteiger partial charge in [0.25, 0.3) is 0 Å². The molecule has 0 saturated heterocycles. The van der Waals surface area contributed by atoms with Crippen molar-refractivity contribution in [3.63, 3.8) is 0 Å². The molecular formula is C34H52F8N2O5. The van der Waals surface area contributed by atoms with E-state index in [1.165, 1.54) is 13.8 Å². The van der Waals surface area contributed by atoms with Crippen molar-refractivity contribution in [2.24, 2.45) is 10.8 Å². The Kier molecular flexibility index (Phi) is 23.2. The van der Waals surface area contributed by atoms with Gasteiger partial charge in [0, 0.05) is 26.3 Å². The molecular weight excluding hydrogens is 668 g/mol. The number of nitrogens with one attached hydrogen (secondary N) is 2. The Bertz CT molecular complexity index is 971. The van der Waals surface area contributed by atoms with Crippen molar-refractivity contribution in [3.8, 4) is 0 Å². The Morgan fingerprint density at radius 1 is 0.551 bits per heavy atom. The summed E-state index contributed by atoms with van der Waals surface area (Å²) in [6, 6.07) is 0. The second-order valence-electron chi connectivity index (χ2n) is 11.2. The highest BCUT2D eigenvalue weighted by Gasteiger charge is 2.50. The summed E-state index contributed by atoms with van der Waals surface area (Å²) in [5.74, 6) is -1.95. The second-order valence-corrected chi connectivity index (χ2v) is 11.2. The molecule has 0 spiro atoms. The fraction of sp³-hybridized carbons (Fsp3) is 0.618. The highest BCUT2D eigenvalue weighted by molar-refractivity contribution is 5.81. The minimum Gasteiger partial charge on any atom is -0.373 e. The zero-order valence-corrected chi connectivity index (χ0v) is 28.5. The zero-order chi connectivity index (χ0) is 38.3. The number of ether oxygens (including phenoxy) is 4. The quantitative estimate of drug-likeness (QED) is 0.0596. The number of hydrogen-bond acceptors (Lipinski definition) is 6. The van der Waals surface area contributed by atoms with Gasteiger partial charge < -0.3 is 20.1 Å². The molecule has 2 N–H and O–H groups in total. The van der Waals surface area contributed by atoms with Crippen molar-refractivity contribution in [2.75, 3.05) is 46.1 Å². The third-order valence-corrected chi connectivity index (χ3v) is 6.71. The van der Waals surface area contributed by atoms with Crippen molar-refractivity contribution in [1.29, 1.82) is 0 Å². The van der Waals surface area contributed by atoms with Crippen LogP contribution in [-0.4, -0.2) is 76.4 Å². The first kappa shape index (κ1) is 48.3. The molecule has 0 aromatic rings. The molecule has 49 heavy (non-hydrogen) atoms. The van der Waals surface area contributed by atoms with E-state index in [4.69, 9.17) is 0 Å². The number of carbonyl (C=O) groups is 1. The number of amides is 1. The third kappa shape index (κ3) is 21.1. The molecule has 0 aliphatic rings. The van der Waals surface area contributed by atoms with Crippen LogP contribution in [0.5, 0.6) is 0 Å². The van der Waals surface area contributed by atoms with Crippen molar-refractivity contribution in [2.45, 2.75) is 76.8 Å². The monoisotopic (exact) mass is 720 g/mol. The van der Waals surface area contributed by atoms with Gasteiger partial charge in [0.2, 0.25) is 0 Å². The fourth-order valence-electron chi connectivity index (χ4n) is 4.60. The van der Waals surface area contributed by atoms with E-state index in [-0.39, 0.29) is 26.3 Å². The van der Waals surface area contributed by atoms with Crippen LogP contribution in [0.4, 0.5) is 35.1 Å². The minimum absolute atomic E-state index is 0.0179. The minimum atomic E-state index is -4.71. The number of alkyl halides is 8. The van der Waals surface area contributed by atoms with Gasteiger partial charge in [0.1, 0.15) is 13.2 Å². The summed E-state index contributed by atoms with van der Waals surface area (Å²) >= 11 is 0. The summed E-state index contributed by atoms with van der Waals surface area (Å²) in [5.41, 5.74) is -1.08. The van der Waals surface area contributed by atoms with Gasteiger partial charge in [0.15, 0.2) is 0 Å². The molecule has 0 radical (unpaired) electrons. The molecule has 1 amide bonds. The van der Waals surface area contributed by atoms with Gasteiger partial charge in [-0.2, -0.15) is 35.1 Å². The maximum Gasteiger partial charge on any atom is 0.441 e. The van der Waals surface area contributed by atoms with E-state index >= 15 is 0 Å². The topological polar surface area (TPSA) is 78.1 Å². The van der Waals surface area contributed by atoms with E-state index in [2.05, 4.69) is 63.7 Å². The Hall–Kier alpha value is -2.85. The van der Waals surface area contributed by atoms with Crippen molar-refractivity contribution in [1.82, 2.24) is 10.6 Å². The number of halogens is 8. The van der Waals surface area contributed by atoms with Gasteiger partial charge >= 0.3 is 30.3 Å². The van der Waals surface area contributed by atoms with E-state index in [0.717, 1.165) is 0 Å². The lowest BCUT2D eigenvalue weighted by Crippen LogP contribution is -2.49. The first-order chi connectivity index (χ1) is 22.7. The molecule has 0 fully saturated rings. The molecule has 0 aromatic heterocycles. The molecule has 0 aromatic carbocycles. The summed E-state index contributed by atoms with van der Waals surface area (Å²) < 4.78 is 123. The van der Waals surface area contributed by atoms with E-state index in [1.807, 2.05) is 5.32 Å². The van der Waals surface area contributed by atoms with E-state index in [0.29, 0.717) is 38.5 Å².